The van der Waals surface area contributed by atoms with Gasteiger partial charge in [-0.2, -0.15) is 0 Å². The van der Waals surface area contributed by atoms with Crippen molar-refractivity contribution in [3.8, 4) is 0 Å². The largest absolute Gasteiger partial charge is 0.394 e. The van der Waals surface area contributed by atoms with E-state index < -0.39 is 11.6 Å². The molecule has 1 fully saturated rings. The highest BCUT2D eigenvalue weighted by atomic mass is 35.5. The summed E-state index contributed by atoms with van der Waals surface area (Å²) < 4.78 is 0. The molecule has 0 saturated carbocycles. The summed E-state index contributed by atoms with van der Waals surface area (Å²) in [6, 6.07) is 4.28. The summed E-state index contributed by atoms with van der Waals surface area (Å²) in [4.78, 5) is 23.8. The zero-order chi connectivity index (χ0) is 16.3. The van der Waals surface area contributed by atoms with Crippen LogP contribution in [-0.2, 0) is 15.1 Å². The minimum absolute atomic E-state index is 0.136. The monoisotopic (exact) mass is 344 g/mol. The van der Waals surface area contributed by atoms with E-state index in [-0.39, 0.29) is 18.4 Å². The van der Waals surface area contributed by atoms with Gasteiger partial charge in [-0.3, -0.25) is 9.59 Å². The highest BCUT2D eigenvalue weighted by Gasteiger charge is 2.33. The first kappa shape index (κ1) is 17.1. The van der Waals surface area contributed by atoms with Crippen molar-refractivity contribution in [2.45, 2.75) is 37.8 Å². The number of hydrogen-bond donors (Lipinski definition) is 3. The van der Waals surface area contributed by atoms with Gasteiger partial charge in [0.05, 0.1) is 12.1 Å². The molecule has 0 spiro atoms. The Balaban J connectivity index is 2.19. The normalized spacial score (nSPS) is 20.9. The molecule has 0 radical (unpaired) electrons. The zero-order valence-corrected chi connectivity index (χ0v) is 13.7. The lowest BCUT2D eigenvalue weighted by molar-refractivity contribution is -0.132. The van der Waals surface area contributed by atoms with E-state index in [1.165, 1.54) is 0 Å². The molecular formula is C15H18Cl2N2O3. The lowest BCUT2D eigenvalue weighted by Crippen LogP contribution is -2.55. The summed E-state index contributed by atoms with van der Waals surface area (Å²) in [6.07, 6.45) is 1.68. The smallest absolute Gasteiger partial charge is 0.243 e. The van der Waals surface area contributed by atoms with Crippen LogP contribution < -0.4 is 10.6 Å². The van der Waals surface area contributed by atoms with Crippen molar-refractivity contribution in [3.05, 3.63) is 33.8 Å². The van der Waals surface area contributed by atoms with Crippen LogP contribution in [0.3, 0.4) is 0 Å². The number of halogens is 2. The van der Waals surface area contributed by atoms with E-state index in [1.54, 1.807) is 25.1 Å². The minimum Gasteiger partial charge on any atom is -0.394 e. The average molecular weight is 345 g/mol. The Morgan fingerprint density at radius 3 is 2.59 bits per heavy atom. The van der Waals surface area contributed by atoms with E-state index in [0.717, 1.165) is 0 Å². The van der Waals surface area contributed by atoms with Crippen LogP contribution in [0.5, 0.6) is 0 Å². The minimum atomic E-state index is -1.03. The quantitative estimate of drug-likeness (QED) is 0.781. The maximum atomic E-state index is 12.4. The third kappa shape index (κ3) is 3.91. The van der Waals surface area contributed by atoms with Gasteiger partial charge in [-0.1, -0.05) is 23.2 Å². The van der Waals surface area contributed by atoms with Gasteiger partial charge in [0, 0.05) is 16.5 Å². The molecule has 2 amide bonds. The van der Waals surface area contributed by atoms with Gasteiger partial charge in [0.25, 0.3) is 0 Å². The summed E-state index contributed by atoms with van der Waals surface area (Å²) in [6.45, 7) is 1.35. The second kappa shape index (κ2) is 6.86. The predicted octanol–water partition coefficient (Wildman–Crippen LogP) is 1.99. The van der Waals surface area contributed by atoms with E-state index in [2.05, 4.69) is 10.6 Å². The molecule has 5 nitrogen and oxygen atoms in total. The van der Waals surface area contributed by atoms with Crippen LogP contribution in [0.15, 0.2) is 18.2 Å². The van der Waals surface area contributed by atoms with Crippen molar-refractivity contribution in [3.63, 3.8) is 0 Å². The first-order valence-corrected chi connectivity index (χ1v) is 7.78. The number of piperidine rings is 1. The van der Waals surface area contributed by atoms with Gasteiger partial charge >= 0.3 is 0 Å². The van der Waals surface area contributed by atoms with Gasteiger partial charge in [-0.15, -0.1) is 0 Å². The van der Waals surface area contributed by atoms with Crippen LogP contribution in [0.25, 0.3) is 0 Å². The van der Waals surface area contributed by atoms with E-state index in [1.807, 2.05) is 0 Å². The summed E-state index contributed by atoms with van der Waals surface area (Å²) >= 11 is 12.0. The number of amides is 2. The maximum absolute atomic E-state index is 12.4. The number of hydrogen-bond acceptors (Lipinski definition) is 3. The summed E-state index contributed by atoms with van der Waals surface area (Å²) in [7, 11) is 0. The van der Waals surface area contributed by atoms with E-state index in [0.29, 0.717) is 34.9 Å². The third-order valence-electron chi connectivity index (χ3n) is 3.76. The van der Waals surface area contributed by atoms with Crippen LogP contribution >= 0.6 is 23.2 Å². The molecule has 120 valence electrons. The van der Waals surface area contributed by atoms with Gasteiger partial charge in [-0.05, 0) is 43.5 Å². The Hall–Kier alpha value is -1.30. The maximum Gasteiger partial charge on any atom is 0.243 e. The summed E-state index contributed by atoms with van der Waals surface area (Å²) in [5.74, 6) is -0.469. The number of rotatable bonds is 4. The van der Waals surface area contributed by atoms with Crippen molar-refractivity contribution in [1.82, 2.24) is 10.6 Å². The molecule has 1 aliphatic heterocycles. The van der Waals surface area contributed by atoms with Crippen molar-refractivity contribution in [1.29, 1.82) is 0 Å². The highest BCUT2D eigenvalue weighted by molar-refractivity contribution is 6.34. The average Bonchev–Trinajstić information content (AvgIpc) is 2.46. The molecule has 0 aromatic heterocycles. The second-order valence-electron chi connectivity index (χ2n) is 5.65. The molecule has 2 rings (SSSR count). The fraction of sp³-hybridized carbons (Fsp3) is 0.467. The second-order valence-corrected chi connectivity index (χ2v) is 6.52. The number of carbonyl (C=O) groups is 2. The number of nitrogens with one attached hydrogen (secondary N) is 2. The lowest BCUT2D eigenvalue weighted by atomic mass is 9.91. The molecule has 0 aliphatic carbocycles. The molecule has 1 aromatic carbocycles. The molecule has 1 aromatic rings. The van der Waals surface area contributed by atoms with Crippen molar-refractivity contribution in [2.75, 3.05) is 6.61 Å². The van der Waals surface area contributed by atoms with E-state index in [9.17, 15) is 14.7 Å². The Kier molecular flexibility index (Phi) is 5.32. The van der Waals surface area contributed by atoms with Crippen LogP contribution in [0, 0.1) is 0 Å². The molecular weight excluding hydrogens is 327 g/mol. The topological polar surface area (TPSA) is 78.4 Å². The molecule has 3 N–H and O–H groups in total. The first-order valence-electron chi connectivity index (χ1n) is 7.03. The summed E-state index contributed by atoms with van der Waals surface area (Å²) in [5.41, 5.74) is -0.434. The number of aliphatic hydroxyl groups is 1. The van der Waals surface area contributed by atoms with Crippen molar-refractivity contribution >= 4 is 35.0 Å². The Morgan fingerprint density at radius 2 is 2.05 bits per heavy atom. The molecule has 1 heterocycles. The standard InChI is InChI=1S/C15H18Cl2N2O3/c1-15(8-20,9-5-10(16)7-11(17)6-9)19-14(22)12-3-2-4-13(21)18-12/h5-7,12,20H,2-4,8H2,1H3,(H,18,21)(H,19,22)/t12-,15-/m1/s1. The van der Waals surface area contributed by atoms with Gasteiger partial charge < -0.3 is 15.7 Å². The van der Waals surface area contributed by atoms with Crippen molar-refractivity contribution < 1.29 is 14.7 Å². The number of carbonyl (C=O) groups excluding carboxylic acids is 2. The van der Waals surface area contributed by atoms with Crippen LogP contribution in [0.4, 0.5) is 0 Å². The van der Waals surface area contributed by atoms with Gasteiger partial charge in [0.2, 0.25) is 11.8 Å². The molecule has 7 heteroatoms. The molecule has 1 saturated heterocycles. The predicted molar refractivity (Wildman–Crippen MR) is 84.8 cm³/mol. The Bertz CT molecular complexity index is 574. The fourth-order valence-electron chi connectivity index (χ4n) is 2.44. The van der Waals surface area contributed by atoms with Crippen LogP contribution in [-0.4, -0.2) is 29.6 Å². The molecule has 22 heavy (non-hydrogen) atoms. The van der Waals surface area contributed by atoms with E-state index >= 15 is 0 Å². The number of benzene rings is 1. The first-order chi connectivity index (χ1) is 10.3. The SMILES string of the molecule is C[C@](CO)(NC(=O)[C@H]1CCCC(=O)N1)c1cc(Cl)cc(Cl)c1. The van der Waals surface area contributed by atoms with Gasteiger partial charge in [-0.25, -0.2) is 0 Å². The number of aliphatic hydroxyl groups excluding tert-OH is 1. The lowest BCUT2D eigenvalue weighted by Gasteiger charge is -2.32. The van der Waals surface area contributed by atoms with Crippen LogP contribution in [0.1, 0.15) is 31.7 Å². The van der Waals surface area contributed by atoms with Gasteiger partial charge in [0.15, 0.2) is 0 Å². The Labute approximate surface area is 139 Å². The summed E-state index contributed by atoms with van der Waals surface area (Å²) in [5, 5.41) is 16.0. The van der Waals surface area contributed by atoms with Crippen molar-refractivity contribution in [2.24, 2.45) is 0 Å². The molecule has 2 atom stereocenters. The van der Waals surface area contributed by atoms with E-state index in [4.69, 9.17) is 23.2 Å². The van der Waals surface area contributed by atoms with Gasteiger partial charge in [0.1, 0.15) is 6.04 Å². The Morgan fingerprint density at radius 1 is 1.41 bits per heavy atom. The highest BCUT2D eigenvalue weighted by Crippen LogP contribution is 2.27. The molecule has 0 bridgehead atoms. The molecule has 0 unspecified atom stereocenters. The van der Waals surface area contributed by atoms with Crippen LogP contribution in [0.2, 0.25) is 10.0 Å². The molecule has 1 aliphatic rings. The fourth-order valence-corrected chi connectivity index (χ4v) is 2.96. The zero-order valence-electron chi connectivity index (χ0n) is 12.2. The third-order valence-corrected chi connectivity index (χ3v) is 4.20.